The molecular formula is C5H13NOS. The summed E-state index contributed by atoms with van der Waals surface area (Å²) >= 11 is -0.832. The maximum atomic E-state index is 10.5. The lowest BCUT2D eigenvalue weighted by Gasteiger charge is -2.11. The summed E-state index contributed by atoms with van der Waals surface area (Å²) in [4.78, 5) is 0. The lowest BCUT2D eigenvalue weighted by Crippen LogP contribution is -2.28. The van der Waals surface area contributed by atoms with Gasteiger partial charge in [-0.15, -0.1) is 0 Å². The van der Waals surface area contributed by atoms with Gasteiger partial charge in [0.1, 0.15) is 0 Å². The van der Waals surface area contributed by atoms with Crippen LogP contribution in [-0.4, -0.2) is 16.2 Å². The molecule has 0 aliphatic heterocycles. The van der Waals surface area contributed by atoms with Crippen molar-refractivity contribution in [2.24, 2.45) is 5.73 Å². The van der Waals surface area contributed by atoms with Crippen LogP contribution in [0, 0.1) is 0 Å². The third-order valence-corrected chi connectivity index (χ3v) is 2.09. The number of nitrogens with two attached hydrogens (primary N) is 1. The van der Waals surface area contributed by atoms with E-state index in [1.807, 2.05) is 6.92 Å². The molecule has 0 aromatic carbocycles. The van der Waals surface area contributed by atoms with Crippen molar-refractivity contribution in [3.63, 3.8) is 0 Å². The van der Waals surface area contributed by atoms with Gasteiger partial charge in [-0.1, -0.05) is 13.3 Å². The van der Waals surface area contributed by atoms with Crippen LogP contribution in [0.2, 0.25) is 0 Å². The van der Waals surface area contributed by atoms with Crippen molar-refractivity contribution in [2.45, 2.75) is 25.1 Å². The third-order valence-electron chi connectivity index (χ3n) is 1.000. The summed E-state index contributed by atoms with van der Waals surface area (Å²) in [7, 11) is 0. The summed E-state index contributed by atoms with van der Waals surface area (Å²) in [5.41, 5.74) is 5.43. The van der Waals surface area contributed by atoms with E-state index in [0.717, 1.165) is 12.8 Å². The number of rotatable bonds is 3. The third kappa shape index (κ3) is 3.29. The minimum atomic E-state index is -0.832. The fraction of sp³-hybridized carbons (Fsp3) is 1.00. The molecule has 0 rings (SSSR count). The molecule has 0 aliphatic rings. The van der Waals surface area contributed by atoms with Gasteiger partial charge in [0.2, 0.25) is 0 Å². The topological polar surface area (TPSA) is 49.1 Å². The van der Waals surface area contributed by atoms with Gasteiger partial charge in [0.05, 0.1) is 6.26 Å². The fourth-order valence-electron chi connectivity index (χ4n) is 0.450. The Kier molecular flexibility index (Phi) is 4.32. The second-order valence-corrected chi connectivity index (χ2v) is 3.43. The minimum Gasteiger partial charge on any atom is -0.615 e. The molecule has 0 spiro atoms. The standard InChI is InChI=1S/C5H13NOS/c1-3-4-5(6)8(2)7/h5H,3-4,6H2,1-2H3. The Balaban J connectivity index is 3.17. The van der Waals surface area contributed by atoms with E-state index in [9.17, 15) is 4.55 Å². The van der Waals surface area contributed by atoms with Crippen LogP contribution in [0.25, 0.3) is 0 Å². The van der Waals surface area contributed by atoms with Crippen LogP contribution >= 0.6 is 0 Å². The first-order valence-electron chi connectivity index (χ1n) is 2.76. The molecule has 2 atom stereocenters. The molecule has 0 heterocycles. The van der Waals surface area contributed by atoms with Crippen molar-refractivity contribution in [3.8, 4) is 0 Å². The smallest absolute Gasteiger partial charge is 0.164 e. The molecule has 0 aromatic heterocycles. The van der Waals surface area contributed by atoms with E-state index in [-0.39, 0.29) is 5.37 Å². The highest BCUT2D eigenvalue weighted by molar-refractivity contribution is 7.91. The first-order valence-corrected chi connectivity index (χ1v) is 4.38. The normalized spacial score (nSPS) is 18.0. The molecule has 50 valence electrons. The molecule has 3 heteroatoms. The first-order chi connectivity index (χ1) is 3.68. The van der Waals surface area contributed by atoms with Crippen LogP contribution in [0.5, 0.6) is 0 Å². The van der Waals surface area contributed by atoms with E-state index in [1.165, 1.54) is 0 Å². The lowest BCUT2D eigenvalue weighted by atomic mass is 10.3. The van der Waals surface area contributed by atoms with E-state index < -0.39 is 11.2 Å². The van der Waals surface area contributed by atoms with Crippen LogP contribution < -0.4 is 5.73 Å². The Hall–Kier alpha value is 0.270. The Morgan fingerprint density at radius 2 is 2.25 bits per heavy atom. The van der Waals surface area contributed by atoms with E-state index in [2.05, 4.69) is 0 Å². The Morgan fingerprint density at radius 3 is 2.38 bits per heavy atom. The maximum absolute atomic E-state index is 10.5. The average molecular weight is 135 g/mol. The molecule has 8 heavy (non-hydrogen) atoms. The Bertz CT molecular complexity index is 58.4. The average Bonchev–Trinajstić information content (AvgIpc) is 1.67. The molecule has 0 fully saturated rings. The molecule has 0 amide bonds. The number of hydrogen-bond acceptors (Lipinski definition) is 2. The number of hydrogen-bond donors (Lipinski definition) is 1. The van der Waals surface area contributed by atoms with Crippen LogP contribution in [0.15, 0.2) is 0 Å². The van der Waals surface area contributed by atoms with Gasteiger partial charge in [-0.2, -0.15) is 0 Å². The van der Waals surface area contributed by atoms with Crippen molar-refractivity contribution in [2.75, 3.05) is 6.26 Å². The van der Waals surface area contributed by atoms with E-state index in [4.69, 9.17) is 5.73 Å². The van der Waals surface area contributed by atoms with Gasteiger partial charge in [0.15, 0.2) is 5.37 Å². The van der Waals surface area contributed by atoms with E-state index in [0.29, 0.717) is 0 Å². The van der Waals surface area contributed by atoms with Gasteiger partial charge in [-0.25, -0.2) is 0 Å². The largest absolute Gasteiger partial charge is 0.615 e. The van der Waals surface area contributed by atoms with Crippen molar-refractivity contribution < 1.29 is 4.55 Å². The van der Waals surface area contributed by atoms with Crippen molar-refractivity contribution in [3.05, 3.63) is 0 Å². The molecular weight excluding hydrogens is 122 g/mol. The Labute approximate surface area is 53.6 Å². The highest BCUT2D eigenvalue weighted by Gasteiger charge is 2.08. The zero-order valence-corrected chi connectivity index (χ0v) is 6.20. The molecule has 2 N–H and O–H groups in total. The van der Waals surface area contributed by atoms with Gasteiger partial charge in [-0.05, 0) is 11.2 Å². The molecule has 0 aromatic rings. The summed E-state index contributed by atoms with van der Waals surface area (Å²) < 4.78 is 10.5. The van der Waals surface area contributed by atoms with Crippen LogP contribution in [0.4, 0.5) is 0 Å². The molecule has 0 radical (unpaired) electrons. The summed E-state index contributed by atoms with van der Waals surface area (Å²) in [6, 6.07) is 0. The van der Waals surface area contributed by atoms with Gasteiger partial charge in [-0.3, -0.25) is 5.73 Å². The second-order valence-electron chi connectivity index (χ2n) is 1.83. The lowest BCUT2D eigenvalue weighted by molar-refractivity contribution is 0.577. The molecule has 0 aliphatic carbocycles. The monoisotopic (exact) mass is 135 g/mol. The summed E-state index contributed by atoms with van der Waals surface area (Å²) in [5, 5.41) is -0.111. The molecule has 2 unspecified atom stereocenters. The van der Waals surface area contributed by atoms with Gasteiger partial charge >= 0.3 is 0 Å². The zero-order valence-electron chi connectivity index (χ0n) is 5.39. The summed E-state index contributed by atoms with van der Waals surface area (Å²) in [5.74, 6) is 0. The van der Waals surface area contributed by atoms with Gasteiger partial charge < -0.3 is 4.55 Å². The van der Waals surface area contributed by atoms with Crippen molar-refractivity contribution in [1.29, 1.82) is 0 Å². The van der Waals surface area contributed by atoms with Crippen molar-refractivity contribution in [1.82, 2.24) is 0 Å². The van der Waals surface area contributed by atoms with Gasteiger partial charge in [0.25, 0.3) is 0 Å². The van der Waals surface area contributed by atoms with Crippen LogP contribution in [-0.2, 0) is 11.2 Å². The molecule has 2 nitrogen and oxygen atoms in total. The maximum Gasteiger partial charge on any atom is 0.164 e. The SMILES string of the molecule is CCCC(N)[S+](C)[O-]. The quantitative estimate of drug-likeness (QED) is 0.571. The Morgan fingerprint density at radius 1 is 1.75 bits per heavy atom. The molecule has 0 saturated heterocycles. The minimum absolute atomic E-state index is 0.111. The summed E-state index contributed by atoms with van der Waals surface area (Å²) in [6.07, 6.45) is 3.52. The van der Waals surface area contributed by atoms with Crippen LogP contribution in [0.3, 0.4) is 0 Å². The van der Waals surface area contributed by atoms with Gasteiger partial charge in [0, 0.05) is 6.42 Å². The predicted molar refractivity (Wildman–Crippen MR) is 36.9 cm³/mol. The highest BCUT2D eigenvalue weighted by atomic mass is 32.2. The van der Waals surface area contributed by atoms with Crippen LogP contribution in [0.1, 0.15) is 19.8 Å². The summed E-state index contributed by atoms with van der Waals surface area (Å²) in [6.45, 7) is 2.03. The van der Waals surface area contributed by atoms with E-state index >= 15 is 0 Å². The molecule has 0 saturated carbocycles. The highest BCUT2D eigenvalue weighted by Crippen LogP contribution is 1.99. The second kappa shape index (κ2) is 4.18. The zero-order chi connectivity index (χ0) is 6.57. The fourth-order valence-corrected chi connectivity index (χ4v) is 1.02. The van der Waals surface area contributed by atoms with E-state index in [1.54, 1.807) is 6.26 Å². The predicted octanol–water partition coefficient (Wildman–Crippen LogP) is 0.450. The first kappa shape index (κ1) is 8.27. The molecule has 0 bridgehead atoms. The van der Waals surface area contributed by atoms with Crippen molar-refractivity contribution >= 4 is 11.2 Å².